The first-order valence-electron chi connectivity index (χ1n) is 9.91. The minimum atomic E-state index is -0.676. The molecule has 2 aromatic heterocycles. The number of hydrogen-bond acceptors (Lipinski definition) is 5. The third-order valence-corrected chi connectivity index (χ3v) is 4.81. The number of nitrogens with zero attached hydrogens (tertiary/aromatic N) is 2. The van der Waals surface area contributed by atoms with Crippen LogP contribution >= 0.6 is 11.6 Å². The molecule has 2 heterocycles. The van der Waals surface area contributed by atoms with Crippen LogP contribution in [0, 0.1) is 0 Å². The lowest BCUT2D eigenvalue weighted by atomic mass is 10.2. The van der Waals surface area contributed by atoms with E-state index >= 15 is 0 Å². The van der Waals surface area contributed by atoms with E-state index in [2.05, 4.69) is 10.3 Å². The van der Waals surface area contributed by atoms with Gasteiger partial charge in [0, 0.05) is 24.0 Å². The first-order valence-corrected chi connectivity index (χ1v) is 10.3. The number of aromatic nitrogens is 2. The molecule has 4 rings (SSSR count). The molecule has 0 aliphatic carbocycles. The molecule has 0 aliphatic heterocycles. The third-order valence-electron chi connectivity index (χ3n) is 4.59. The van der Waals surface area contributed by atoms with Crippen molar-refractivity contribution in [3.05, 3.63) is 100 Å². The van der Waals surface area contributed by atoms with Gasteiger partial charge in [0.25, 0.3) is 11.5 Å². The number of carbonyl (C=O) groups excluding carboxylic acids is 1. The fraction of sp³-hybridized carbons (Fsp3) is 0.125. The van der Waals surface area contributed by atoms with Crippen LogP contribution in [0.5, 0.6) is 11.5 Å². The van der Waals surface area contributed by atoms with Crippen molar-refractivity contribution in [1.82, 2.24) is 9.38 Å². The number of anilines is 1. The van der Waals surface area contributed by atoms with E-state index in [0.717, 1.165) is 0 Å². The predicted molar refractivity (Wildman–Crippen MR) is 122 cm³/mol. The van der Waals surface area contributed by atoms with Gasteiger partial charge in [-0.2, -0.15) is 0 Å². The summed E-state index contributed by atoms with van der Waals surface area (Å²) in [5.41, 5.74) is 1.28. The number of fused-ring (bicyclic) bond motifs is 1. The molecule has 32 heavy (non-hydrogen) atoms. The Kier molecular flexibility index (Phi) is 6.37. The Hall–Kier alpha value is -3.84. The van der Waals surface area contributed by atoms with Crippen molar-refractivity contribution in [2.75, 3.05) is 5.32 Å². The molecule has 2 aromatic carbocycles. The Morgan fingerprint density at radius 3 is 2.66 bits per heavy atom. The Morgan fingerprint density at radius 2 is 1.84 bits per heavy atom. The lowest BCUT2D eigenvalue weighted by Gasteiger charge is -2.15. The van der Waals surface area contributed by atoms with Gasteiger partial charge in [-0.15, -0.1) is 0 Å². The summed E-state index contributed by atoms with van der Waals surface area (Å²) in [4.78, 5) is 29.2. The summed E-state index contributed by atoms with van der Waals surface area (Å²) in [6, 6.07) is 20.9. The van der Waals surface area contributed by atoms with Gasteiger partial charge in [0.1, 0.15) is 23.8 Å². The Balaban J connectivity index is 1.40. The lowest BCUT2D eigenvalue weighted by Crippen LogP contribution is -2.30. The van der Waals surface area contributed by atoms with Crippen LogP contribution in [-0.4, -0.2) is 21.4 Å². The molecule has 0 radical (unpaired) electrons. The van der Waals surface area contributed by atoms with Crippen molar-refractivity contribution in [3.8, 4) is 11.5 Å². The number of para-hydroxylation sites is 1. The van der Waals surface area contributed by atoms with Crippen molar-refractivity contribution in [2.45, 2.75) is 19.6 Å². The maximum absolute atomic E-state index is 12.5. The predicted octanol–water partition coefficient (Wildman–Crippen LogP) is 4.33. The van der Waals surface area contributed by atoms with Crippen LogP contribution in [0.3, 0.4) is 0 Å². The first kappa shape index (κ1) is 21.4. The summed E-state index contributed by atoms with van der Waals surface area (Å²) in [5.74, 6) is 0.861. The molecule has 0 fully saturated rings. The Labute approximate surface area is 189 Å². The zero-order chi connectivity index (χ0) is 22.5. The topological polar surface area (TPSA) is 81.9 Å². The Bertz CT molecular complexity index is 1310. The number of nitrogens with one attached hydrogen (secondary N) is 1. The SMILES string of the molecule is C[C@@H](Oc1ccccc1)C(=O)Nc1cccc(OCc2cc(=O)n3cc(Cl)ccc3n2)c1. The maximum Gasteiger partial charge on any atom is 0.265 e. The third kappa shape index (κ3) is 5.25. The number of halogens is 1. The summed E-state index contributed by atoms with van der Waals surface area (Å²) in [6.45, 7) is 1.78. The molecule has 7 nitrogen and oxygen atoms in total. The Morgan fingerprint density at radius 1 is 1.06 bits per heavy atom. The van der Waals surface area contributed by atoms with Crippen LogP contribution in [0.15, 0.2) is 83.8 Å². The molecular formula is C24H20ClN3O4. The fourth-order valence-corrected chi connectivity index (χ4v) is 3.18. The van der Waals surface area contributed by atoms with Crippen molar-refractivity contribution < 1.29 is 14.3 Å². The van der Waals surface area contributed by atoms with Gasteiger partial charge in [-0.25, -0.2) is 4.98 Å². The minimum absolute atomic E-state index is 0.0965. The van der Waals surface area contributed by atoms with E-state index in [0.29, 0.717) is 33.6 Å². The molecule has 0 saturated heterocycles. The summed E-state index contributed by atoms with van der Waals surface area (Å²) in [5, 5.41) is 3.27. The van der Waals surface area contributed by atoms with E-state index in [1.165, 1.54) is 16.7 Å². The standard InChI is InChI=1S/C24H20ClN3O4/c1-16(32-20-7-3-2-4-8-20)24(30)27-18-6-5-9-21(12-18)31-15-19-13-23(29)28-14-17(25)10-11-22(28)26-19/h2-14,16H,15H2,1H3,(H,27,30)/t16-/m1/s1. The maximum atomic E-state index is 12.5. The smallest absolute Gasteiger partial charge is 0.265 e. The average Bonchev–Trinajstić information content (AvgIpc) is 2.79. The second-order valence-corrected chi connectivity index (χ2v) is 7.48. The quantitative estimate of drug-likeness (QED) is 0.454. The molecule has 0 saturated carbocycles. The van der Waals surface area contributed by atoms with E-state index in [1.807, 2.05) is 18.2 Å². The van der Waals surface area contributed by atoms with Gasteiger partial charge in [0.05, 0.1) is 10.7 Å². The van der Waals surface area contributed by atoms with Gasteiger partial charge in [-0.3, -0.25) is 14.0 Å². The molecule has 8 heteroatoms. The van der Waals surface area contributed by atoms with E-state index in [4.69, 9.17) is 21.1 Å². The highest BCUT2D eigenvalue weighted by Gasteiger charge is 2.15. The van der Waals surface area contributed by atoms with Crippen LogP contribution in [0.2, 0.25) is 5.02 Å². The number of pyridine rings is 1. The van der Waals surface area contributed by atoms with Gasteiger partial charge in [0.15, 0.2) is 6.10 Å². The largest absolute Gasteiger partial charge is 0.487 e. The molecule has 1 amide bonds. The highest BCUT2D eigenvalue weighted by molar-refractivity contribution is 6.30. The van der Waals surface area contributed by atoms with Crippen LogP contribution < -0.4 is 20.3 Å². The first-order chi connectivity index (χ1) is 15.5. The van der Waals surface area contributed by atoms with E-state index in [9.17, 15) is 9.59 Å². The summed E-state index contributed by atoms with van der Waals surface area (Å²) < 4.78 is 12.8. The molecule has 0 bridgehead atoms. The molecule has 1 atom stereocenters. The van der Waals surface area contributed by atoms with Crippen LogP contribution in [0.1, 0.15) is 12.6 Å². The van der Waals surface area contributed by atoms with Gasteiger partial charge in [-0.05, 0) is 43.3 Å². The molecule has 162 valence electrons. The molecular weight excluding hydrogens is 430 g/mol. The van der Waals surface area contributed by atoms with Crippen LogP contribution in [0.4, 0.5) is 5.69 Å². The zero-order valence-corrected chi connectivity index (χ0v) is 18.0. The van der Waals surface area contributed by atoms with Gasteiger partial charge >= 0.3 is 0 Å². The number of carbonyl (C=O) groups is 1. The minimum Gasteiger partial charge on any atom is -0.487 e. The molecule has 0 unspecified atom stereocenters. The molecule has 4 aromatic rings. The normalized spacial score (nSPS) is 11.7. The summed E-state index contributed by atoms with van der Waals surface area (Å²) >= 11 is 5.93. The van der Waals surface area contributed by atoms with Gasteiger partial charge < -0.3 is 14.8 Å². The number of ether oxygens (including phenoxy) is 2. The van der Waals surface area contributed by atoms with Crippen LogP contribution in [-0.2, 0) is 11.4 Å². The lowest BCUT2D eigenvalue weighted by molar-refractivity contribution is -0.122. The van der Waals surface area contributed by atoms with E-state index in [-0.39, 0.29) is 18.1 Å². The zero-order valence-electron chi connectivity index (χ0n) is 17.2. The van der Waals surface area contributed by atoms with Crippen molar-refractivity contribution in [3.63, 3.8) is 0 Å². The number of benzene rings is 2. The van der Waals surface area contributed by atoms with Crippen molar-refractivity contribution >= 4 is 28.8 Å². The molecule has 0 aliphatic rings. The average molecular weight is 450 g/mol. The van der Waals surface area contributed by atoms with Gasteiger partial charge in [0.2, 0.25) is 0 Å². The second kappa shape index (κ2) is 9.53. The van der Waals surface area contributed by atoms with Crippen molar-refractivity contribution in [2.24, 2.45) is 0 Å². The second-order valence-electron chi connectivity index (χ2n) is 7.04. The number of rotatable bonds is 7. The van der Waals surface area contributed by atoms with Gasteiger partial charge in [-0.1, -0.05) is 35.9 Å². The number of hydrogen-bond donors (Lipinski definition) is 1. The summed E-state index contributed by atoms with van der Waals surface area (Å²) in [6.07, 6.45) is 0.844. The molecule has 1 N–H and O–H groups in total. The number of amides is 1. The fourth-order valence-electron chi connectivity index (χ4n) is 3.02. The highest BCUT2D eigenvalue weighted by atomic mass is 35.5. The van der Waals surface area contributed by atoms with E-state index in [1.54, 1.807) is 55.5 Å². The highest BCUT2D eigenvalue weighted by Crippen LogP contribution is 2.19. The van der Waals surface area contributed by atoms with E-state index < -0.39 is 6.10 Å². The molecule has 0 spiro atoms. The summed E-state index contributed by atoms with van der Waals surface area (Å²) in [7, 11) is 0. The van der Waals surface area contributed by atoms with Crippen LogP contribution in [0.25, 0.3) is 5.65 Å². The monoisotopic (exact) mass is 449 g/mol. The van der Waals surface area contributed by atoms with Crippen molar-refractivity contribution in [1.29, 1.82) is 0 Å².